The van der Waals surface area contributed by atoms with Crippen LogP contribution in [-0.2, 0) is 0 Å². The van der Waals surface area contributed by atoms with E-state index in [1.807, 2.05) is 24.3 Å². The van der Waals surface area contributed by atoms with Crippen LogP contribution in [0.3, 0.4) is 0 Å². The predicted octanol–water partition coefficient (Wildman–Crippen LogP) is 5.09. The molecule has 0 aliphatic rings. The van der Waals surface area contributed by atoms with Gasteiger partial charge in [0.1, 0.15) is 5.75 Å². The standard InChI is InChI=1S/C16H16ClNO3/c1-2-3-10-21-14-7-4-12(5-8-14)15-9-6-13(17)11-16(15)18(19)20/h4-9,11H,2-3,10H2,1H3. The smallest absolute Gasteiger partial charge is 0.278 e. The Hall–Kier alpha value is -2.07. The Bertz CT molecular complexity index is 626. The Morgan fingerprint density at radius 2 is 1.90 bits per heavy atom. The van der Waals surface area contributed by atoms with Crippen molar-refractivity contribution in [3.05, 3.63) is 57.6 Å². The highest BCUT2D eigenvalue weighted by Crippen LogP contribution is 2.33. The second-order valence-corrected chi connectivity index (χ2v) is 5.08. The summed E-state index contributed by atoms with van der Waals surface area (Å²) in [5.74, 6) is 0.767. The van der Waals surface area contributed by atoms with Gasteiger partial charge in [-0.3, -0.25) is 10.1 Å². The van der Waals surface area contributed by atoms with E-state index in [1.54, 1.807) is 12.1 Å². The van der Waals surface area contributed by atoms with Crippen LogP contribution >= 0.6 is 11.6 Å². The molecule has 0 fully saturated rings. The van der Waals surface area contributed by atoms with Crippen molar-refractivity contribution < 1.29 is 9.66 Å². The zero-order valence-electron chi connectivity index (χ0n) is 11.7. The average molecular weight is 306 g/mol. The molecule has 0 amide bonds. The van der Waals surface area contributed by atoms with Crippen LogP contribution in [0, 0.1) is 10.1 Å². The molecule has 4 nitrogen and oxygen atoms in total. The topological polar surface area (TPSA) is 52.4 Å². The SMILES string of the molecule is CCCCOc1ccc(-c2ccc(Cl)cc2[N+](=O)[O-])cc1. The zero-order chi connectivity index (χ0) is 15.2. The maximum Gasteiger partial charge on any atom is 0.278 e. The number of halogens is 1. The maximum atomic E-state index is 11.1. The van der Waals surface area contributed by atoms with E-state index in [2.05, 4.69) is 6.92 Å². The molecule has 0 saturated heterocycles. The summed E-state index contributed by atoms with van der Waals surface area (Å²) in [4.78, 5) is 10.7. The van der Waals surface area contributed by atoms with Crippen molar-refractivity contribution in [2.75, 3.05) is 6.61 Å². The third-order valence-electron chi connectivity index (χ3n) is 3.09. The number of hydrogen-bond donors (Lipinski definition) is 0. The lowest BCUT2D eigenvalue weighted by molar-refractivity contribution is -0.384. The molecular formula is C16H16ClNO3. The maximum absolute atomic E-state index is 11.1. The molecule has 0 radical (unpaired) electrons. The number of unbranched alkanes of at least 4 members (excludes halogenated alkanes) is 1. The first-order valence-electron chi connectivity index (χ1n) is 6.79. The zero-order valence-corrected chi connectivity index (χ0v) is 12.5. The number of nitrogens with zero attached hydrogens (tertiary/aromatic N) is 1. The second kappa shape index (κ2) is 7.09. The first kappa shape index (κ1) is 15.3. The van der Waals surface area contributed by atoms with E-state index in [0.717, 1.165) is 24.2 Å². The Balaban J connectivity index is 2.24. The fourth-order valence-electron chi connectivity index (χ4n) is 1.97. The summed E-state index contributed by atoms with van der Waals surface area (Å²) in [5.41, 5.74) is 1.31. The molecule has 2 aromatic rings. The second-order valence-electron chi connectivity index (χ2n) is 4.64. The third-order valence-corrected chi connectivity index (χ3v) is 3.32. The summed E-state index contributed by atoms with van der Waals surface area (Å²) in [7, 11) is 0. The van der Waals surface area contributed by atoms with Crippen molar-refractivity contribution >= 4 is 17.3 Å². The quantitative estimate of drug-likeness (QED) is 0.424. The summed E-state index contributed by atoms with van der Waals surface area (Å²) in [5, 5.41) is 11.5. The molecule has 0 heterocycles. The van der Waals surface area contributed by atoms with Crippen molar-refractivity contribution in [1.82, 2.24) is 0 Å². The van der Waals surface area contributed by atoms with Gasteiger partial charge in [-0.1, -0.05) is 37.1 Å². The fourth-order valence-corrected chi connectivity index (χ4v) is 2.13. The van der Waals surface area contributed by atoms with E-state index < -0.39 is 4.92 Å². The van der Waals surface area contributed by atoms with Gasteiger partial charge in [0.25, 0.3) is 5.69 Å². The summed E-state index contributed by atoms with van der Waals surface area (Å²) < 4.78 is 5.58. The van der Waals surface area contributed by atoms with Crippen LogP contribution in [-0.4, -0.2) is 11.5 Å². The molecular weight excluding hydrogens is 290 g/mol. The number of hydrogen-bond acceptors (Lipinski definition) is 3. The molecule has 0 aromatic heterocycles. The lowest BCUT2D eigenvalue weighted by Crippen LogP contribution is -1.96. The normalized spacial score (nSPS) is 10.4. The van der Waals surface area contributed by atoms with Crippen LogP contribution < -0.4 is 4.74 Å². The van der Waals surface area contributed by atoms with Gasteiger partial charge in [0, 0.05) is 11.1 Å². The van der Waals surface area contributed by atoms with Crippen molar-refractivity contribution in [1.29, 1.82) is 0 Å². The minimum Gasteiger partial charge on any atom is -0.494 e. The Kier molecular flexibility index (Phi) is 5.17. The molecule has 0 aliphatic carbocycles. The lowest BCUT2D eigenvalue weighted by Gasteiger charge is -2.07. The van der Waals surface area contributed by atoms with Gasteiger partial charge in [0.15, 0.2) is 0 Å². The highest BCUT2D eigenvalue weighted by Gasteiger charge is 2.15. The van der Waals surface area contributed by atoms with Gasteiger partial charge in [-0.2, -0.15) is 0 Å². The van der Waals surface area contributed by atoms with E-state index in [4.69, 9.17) is 16.3 Å². The molecule has 0 N–H and O–H groups in total. The Morgan fingerprint density at radius 3 is 2.52 bits per heavy atom. The molecule has 0 bridgehead atoms. The number of nitro benzene ring substituents is 1. The van der Waals surface area contributed by atoms with E-state index in [0.29, 0.717) is 17.2 Å². The Labute approximate surface area is 128 Å². The van der Waals surface area contributed by atoms with E-state index >= 15 is 0 Å². The van der Waals surface area contributed by atoms with Crippen LogP contribution in [0.5, 0.6) is 5.75 Å². The van der Waals surface area contributed by atoms with Gasteiger partial charge in [-0.25, -0.2) is 0 Å². The molecule has 0 saturated carbocycles. The van der Waals surface area contributed by atoms with Crippen molar-refractivity contribution in [2.45, 2.75) is 19.8 Å². The molecule has 0 spiro atoms. The van der Waals surface area contributed by atoms with Gasteiger partial charge in [0.2, 0.25) is 0 Å². The lowest BCUT2D eigenvalue weighted by atomic mass is 10.0. The van der Waals surface area contributed by atoms with Gasteiger partial charge >= 0.3 is 0 Å². The average Bonchev–Trinajstić information content (AvgIpc) is 2.48. The van der Waals surface area contributed by atoms with Gasteiger partial charge < -0.3 is 4.74 Å². The molecule has 0 unspecified atom stereocenters. The minimum absolute atomic E-state index is 0.00199. The largest absolute Gasteiger partial charge is 0.494 e. The van der Waals surface area contributed by atoms with Crippen LogP contribution in [0.25, 0.3) is 11.1 Å². The molecule has 2 aromatic carbocycles. The highest BCUT2D eigenvalue weighted by molar-refractivity contribution is 6.30. The van der Waals surface area contributed by atoms with Crippen molar-refractivity contribution in [3.8, 4) is 16.9 Å². The molecule has 0 aliphatic heterocycles. The fraction of sp³-hybridized carbons (Fsp3) is 0.250. The molecule has 21 heavy (non-hydrogen) atoms. The highest BCUT2D eigenvalue weighted by atomic mass is 35.5. The van der Waals surface area contributed by atoms with Gasteiger partial charge in [-0.05, 0) is 36.2 Å². The van der Waals surface area contributed by atoms with Crippen LogP contribution in [0.15, 0.2) is 42.5 Å². The van der Waals surface area contributed by atoms with E-state index in [9.17, 15) is 10.1 Å². The van der Waals surface area contributed by atoms with Crippen LogP contribution in [0.2, 0.25) is 5.02 Å². The third kappa shape index (κ3) is 3.95. The number of rotatable bonds is 6. The number of ether oxygens (including phenoxy) is 1. The molecule has 0 atom stereocenters. The summed E-state index contributed by atoms with van der Waals surface area (Å²) >= 11 is 5.82. The van der Waals surface area contributed by atoms with E-state index in [1.165, 1.54) is 6.07 Å². The van der Waals surface area contributed by atoms with E-state index in [-0.39, 0.29) is 5.69 Å². The number of benzene rings is 2. The molecule has 2 rings (SSSR count). The summed E-state index contributed by atoms with van der Waals surface area (Å²) in [6.07, 6.45) is 2.08. The Morgan fingerprint density at radius 1 is 1.19 bits per heavy atom. The van der Waals surface area contributed by atoms with Crippen molar-refractivity contribution in [3.63, 3.8) is 0 Å². The van der Waals surface area contributed by atoms with Crippen molar-refractivity contribution in [2.24, 2.45) is 0 Å². The van der Waals surface area contributed by atoms with Crippen LogP contribution in [0.4, 0.5) is 5.69 Å². The first-order chi connectivity index (χ1) is 10.1. The first-order valence-corrected chi connectivity index (χ1v) is 7.17. The van der Waals surface area contributed by atoms with Crippen LogP contribution in [0.1, 0.15) is 19.8 Å². The van der Waals surface area contributed by atoms with Gasteiger partial charge in [0.05, 0.1) is 17.1 Å². The summed E-state index contributed by atoms with van der Waals surface area (Å²) in [6.45, 7) is 2.78. The van der Waals surface area contributed by atoms with Gasteiger partial charge in [-0.15, -0.1) is 0 Å². The monoisotopic (exact) mass is 305 g/mol. The molecule has 5 heteroatoms. The minimum atomic E-state index is -0.424. The predicted molar refractivity (Wildman–Crippen MR) is 83.9 cm³/mol. The molecule has 110 valence electrons. The number of nitro groups is 1. The summed E-state index contributed by atoms with van der Waals surface area (Å²) in [6, 6.07) is 12.0.